The van der Waals surface area contributed by atoms with E-state index in [2.05, 4.69) is 16.9 Å². The first-order chi connectivity index (χ1) is 8.61. The fraction of sp³-hybridized carbons (Fsp3) is 0.538. The number of aromatic carboxylic acids is 1. The lowest BCUT2D eigenvalue weighted by atomic mass is 9.92. The Kier molecular flexibility index (Phi) is 3.81. The maximum Gasteiger partial charge on any atom is 0.339 e. The monoisotopic (exact) mass is 250 g/mol. The molecule has 5 nitrogen and oxygen atoms in total. The molecule has 1 aliphatic heterocycles. The first-order valence-corrected chi connectivity index (χ1v) is 6.07. The van der Waals surface area contributed by atoms with Gasteiger partial charge in [-0.15, -0.1) is 0 Å². The van der Waals surface area contributed by atoms with Crippen LogP contribution in [-0.2, 0) is 0 Å². The number of pyridine rings is 1. The van der Waals surface area contributed by atoms with Crippen molar-refractivity contribution in [2.75, 3.05) is 27.2 Å². The van der Waals surface area contributed by atoms with Crippen LogP contribution in [0, 0.1) is 0 Å². The van der Waals surface area contributed by atoms with E-state index in [-0.39, 0.29) is 5.56 Å². The largest absolute Gasteiger partial charge is 0.494 e. The Morgan fingerprint density at radius 1 is 1.50 bits per heavy atom. The predicted octanol–water partition coefficient (Wildman–Crippen LogP) is 1.60. The van der Waals surface area contributed by atoms with Crippen molar-refractivity contribution in [3.63, 3.8) is 0 Å². The molecule has 0 radical (unpaired) electrons. The lowest BCUT2D eigenvalue weighted by molar-refractivity contribution is 0.0693. The van der Waals surface area contributed by atoms with E-state index in [0.29, 0.717) is 11.7 Å². The van der Waals surface area contributed by atoms with Crippen molar-refractivity contribution in [3.8, 4) is 5.75 Å². The molecule has 1 aromatic heterocycles. The second-order valence-electron chi connectivity index (χ2n) is 4.69. The first kappa shape index (κ1) is 12.8. The van der Waals surface area contributed by atoms with Gasteiger partial charge < -0.3 is 14.7 Å². The first-order valence-electron chi connectivity index (χ1n) is 6.07. The van der Waals surface area contributed by atoms with Crippen LogP contribution in [0.15, 0.2) is 12.3 Å². The third-order valence-corrected chi connectivity index (χ3v) is 3.48. The molecule has 1 aliphatic rings. The lowest BCUT2D eigenvalue weighted by Gasteiger charge is -2.28. The van der Waals surface area contributed by atoms with Crippen LogP contribution < -0.4 is 4.74 Å². The summed E-state index contributed by atoms with van der Waals surface area (Å²) in [5.74, 6) is -0.298. The normalized spacial score (nSPS) is 17.7. The summed E-state index contributed by atoms with van der Waals surface area (Å²) in [6.45, 7) is 2.06. The zero-order valence-corrected chi connectivity index (χ0v) is 10.7. The highest BCUT2D eigenvalue weighted by atomic mass is 16.5. The number of likely N-dealkylation sites (tertiary alicyclic amines) is 1. The van der Waals surface area contributed by atoms with Crippen molar-refractivity contribution in [1.29, 1.82) is 0 Å². The molecule has 18 heavy (non-hydrogen) atoms. The Morgan fingerprint density at radius 3 is 2.72 bits per heavy atom. The van der Waals surface area contributed by atoms with E-state index in [1.54, 1.807) is 6.07 Å². The summed E-state index contributed by atoms with van der Waals surface area (Å²) in [5.41, 5.74) is 1.06. The number of piperidine rings is 1. The van der Waals surface area contributed by atoms with E-state index in [4.69, 9.17) is 9.84 Å². The minimum atomic E-state index is -0.969. The van der Waals surface area contributed by atoms with Gasteiger partial charge in [-0.05, 0) is 39.0 Å². The molecule has 1 fully saturated rings. The van der Waals surface area contributed by atoms with E-state index in [9.17, 15) is 4.79 Å². The van der Waals surface area contributed by atoms with Gasteiger partial charge in [0.25, 0.3) is 0 Å². The Morgan fingerprint density at radius 2 is 2.17 bits per heavy atom. The van der Waals surface area contributed by atoms with Crippen LogP contribution in [0.3, 0.4) is 0 Å². The number of methoxy groups -OCH3 is 1. The van der Waals surface area contributed by atoms with Gasteiger partial charge in [0.15, 0.2) is 5.75 Å². The third-order valence-electron chi connectivity index (χ3n) is 3.48. The van der Waals surface area contributed by atoms with Gasteiger partial charge in [0.1, 0.15) is 5.56 Å². The topological polar surface area (TPSA) is 62.7 Å². The summed E-state index contributed by atoms with van der Waals surface area (Å²) in [6, 6.07) is 1.65. The second kappa shape index (κ2) is 5.35. The van der Waals surface area contributed by atoms with Crippen molar-refractivity contribution in [1.82, 2.24) is 9.88 Å². The summed E-state index contributed by atoms with van der Waals surface area (Å²) in [7, 11) is 3.55. The predicted molar refractivity (Wildman–Crippen MR) is 67.2 cm³/mol. The number of nitrogens with zero attached hydrogens (tertiary/aromatic N) is 2. The van der Waals surface area contributed by atoms with Crippen LogP contribution in [0.5, 0.6) is 5.75 Å². The smallest absolute Gasteiger partial charge is 0.339 e. The minimum absolute atomic E-state index is 0.196. The molecule has 0 aliphatic carbocycles. The number of ether oxygens (including phenoxy) is 1. The fourth-order valence-corrected chi connectivity index (χ4v) is 2.32. The second-order valence-corrected chi connectivity index (χ2v) is 4.69. The molecule has 5 heteroatoms. The van der Waals surface area contributed by atoms with Gasteiger partial charge in [-0.3, -0.25) is 4.98 Å². The fourth-order valence-electron chi connectivity index (χ4n) is 2.32. The molecule has 98 valence electrons. The molecule has 0 unspecified atom stereocenters. The van der Waals surface area contributed by atoms with Crippen LogP contribution in [0.4, 0.5) is 0 Å². The van der Waals surface area contributed by atoms with Crippen LogP contribution in [-0.4, -0.2) is 48.2 Å². The number of rotatable bonds is 3. The standard InChI is InChI=1S/C13H18N2O3/c1-15-5-3-9(4-6-15)11-7-10(13(16)17)12(18-2)8-14-11/h7-9H,3-6H2,1-2H3,(H,16,17). The number of carboxylic acids is 1. The summed E-state index contributed by atoms with van der Waals surface area (Å²) < 4.78 is 5.01. The van der Waals surface area contributed by atoms with E-state index < -0.39 is 5.97 Å². The van der Waals surface area contributed by atoms with E-state index >= 15 is 0 Å². The molecular formula is C13H18N2O3. The molecule has 0 bridgehead atoms. The van der Waals surface area contributed by atoms with Crippen LogP contribution in [0.25, 0.3) is 0 Å². The Bertz CT molecular complexity index is 440. The minimum Gasteiger partial charge on any atom is -0.494 e. The van der Waals surface area contributed by atoms with Crippen molar-refractivity contribution in [3.05, 3.63) is 23.5 Å². The number of hydrogen-bond donors (Lipinski definition) is 1. The van der Waals surface area contributed by atoms with Crippen molar-refractivity contribution in [2.24, 2.45) is 0 Å². The van der Waals surface area contributed by atoms with E-state index in [1.807, 2.05) is 0 Å². The molecule has 0 atom stereocenters. The zero-order chi connectivity index (χ0) is 13.1. The summed E-state index contributed by atoms with van der Waals surface area (Å²) in [6.07, 6.45) is 3.56. The summed E-state index contributed by atoms with van der Waals surface area (Å²) in [4.78, 5) is 17.8. The highest BCUT2D eigenvalue weighted by Gasteiger charge is 2.22. The molecule has 1 aromatic rings. The lowest BCUT2D eigenvalue weighted by Crippen LogP contribution is -2.29. The van der Waals surface area contributed by atoms with Gasteiger partial charge in [-0.2, -0.15) is 0 Å². The molecule has 0 amide bonds. The van der Waals surface area contributed by atoms with Crippen LogP contribution >= 0.6 is 0 Å². The van der Waals surface area contributed by atoms with Crippen LogP contribution in [0.1, 0.15) is 34.8 Å². The molecule has 0 spiro atoms. The average molecular weight is 250 g/mol. The summed E-state index contributed by atoms with van der Waals surface area (Å²) in [5, 5.41) is 9.15. The van der Waals surface area contributed by atoms with Gasteiger partial charge in [-0.25, -0.2) is 4.79 Å². The van der Waals surface area contributed by atoms with Gasteiger partial charge in [0, 0.05) is 11.6 Å². The average Bonchev–Trinajstić information content (AvgIpc) is 2.39. The molecular weight excluding hydrogens is 232 g/mol. The van der Waals surface area contributed by atoms with Gasteiger partial charge in [0.2, 0.25) is 0 Å². The molecule has 1 saturated heterocycles. The quantitative estimate of drug-likeness (QED) is 0.882. The third kappa shape index (κ3) is 2.61. The van der Waals surface area contributed by atoms with E-state index in [0.717, 1.165) is 31.6 Å². The van der Waals surface area contributed by atoms with E-state index in [1.165, 1.54) is 13.3 Å². The van der Waals surface area contributed by atoms with Crippen LogP contribution in [0.2, 0.25) is 0 Å². The molecule has 0 saturated carbocycles. The van der Waals surface area contributed by atoms with Gasteiger partial charge in [-0.1, -0.05) is 0 Å². The molecule has 2 heterocycles. The Hall–Kier alpha value is -1.62. The van der Waals surface area contributed by atoms with Crippen molar-refractivity contribution < 1.29 is 14.6 Å². The molecule has 1 N–H and O–H groups in total. The number of carbonyl (C=O) groups is 1. The summed E-state index contributed by atoms with van der Waals surface area (Å²) >= 11 is 0. The van der Waals surface area contributed by atoms with Crippen molar-refractivity contribution in [2.45, 2.75) is 18.8 Å². The van der Waals surface area contributed by atoms with Gasteiger partial charge >= 0.3 is 5.97 Å². The number of aromatic nitrogens is 1. The van der Waals surface area contributed by atoms with Crippen molar-refractivity contribution >= 4 is 5.97 Å². The number of hydrogen-bond acceptors (Lipinski definition) is 4. The maximum atomic E-state index is 11.2. The maximum absolute atomic E-state index is 11.2. The number of carboxylic acid groups (broad SMARTS) is 1. The molecule has 0 aromatic carbocycles. The highest BCUT2D eigenvalue weighted by Crippen LogP contribution is 2.28. The molecule has 2 rings (SSSR count). The SMILES string of the molecule is COc1cnc(C2CCN(C)CC2)cc1C(=O)O. The Balaban J connectivity index is 2.24. The van der Waals surface area contributed by atoms with Gasteiger partial charge in [0.05, 0.1) is 13.3 Å². The Labute approximate surface area is 106 Å². The highest BCUT2D eigenvalue weighted by molar-refractivity contribution is 5.90. The zero-order valence-electron chi connectivity index (χ0n) is 10.7.